The average Bonchev–Trinajstić information content (AvgIpc) is 3.02. The Morgan fingerprint density at radius 2 is 2.04 bits per heavy atom. The lowest BCUT2D eigenvalue weighted by molar-refractivity contribution is -0.116. The van der Waals surface area contributed by atoms with Crippen molar-refractivity contribution in [2.24, 2.45) is 0 Å². The van der Waals surface area contributed by atoms with Crippen LogP contribution in [0.15, 0.2) is 35.4 Å². The number of fused-ring (bicyclic) bond motifs is 1. The predicted octanol–water partition coefficient (Wildman–Crippen LogP) is 4.36. The van der Waals surface area contributed by atoms with Gasteiger partial charge in [-0.15, -0.1) is 11.3 Å². The minimum atomic E-state index is -0.276. The number of nitrogens with zero attached hydrogens (tertiary/aromatic N) is 2. The standard InChI is InChI=1S/C17H15Cl2N3O2S/c1-2-10-8-11-16(25-10)20-9-22(17(11)24)7-6-14(23)21-15-12(18)4-3-5-13(15)19/h3-5,8-9H,2,6-7H2,1H3,(H,21,23). The van der Waals surface area contributed by atoms with Gasteiger partial charge in [-0.2, -0.15) is 0 Å². The first-order valence-electron chi connectivity index (χ1n) is 7.71. The van der Waals surface area contributed by atoms with Crippen molar-refractivity contribution in [3.05, 3.63) is 55.9 Å². The molecule has 1 aromatic carbocycles. The van der Waals surface area contributed by atoms with E-state index in [1.807, 2.05) is 13.0 Å². The molecule has 0 spiro atoms. The Hall–Kier alpha value is -1.89. The van der Waals surface area contributed by atoms with Crippen molar-refractivity contribution < 1.29 is 4.79 Å². The molecule has 0 radical (unpaired) electrons. The second-order valence-electron chi connectivity index (χ2n) is 5.42. The fourth-order valence-corrected chi connectivity index (χ4v) is 3.80. The number of aromatic nitrogens is 2. The highest BCUT2D eigenvalue weighted by atomic mass is 35.5. The van der Waals surface area contributed by atoms with Gasteiger partial charge in [0.1, 0.15) is 4.83 Å². The zero-order valence-corrected chi connectivity index (χ0v) is 15.7. The molecule has 130 valence electrons. The quantitative estimate of drug-likeness (QED) is 0.697. The summed E-state index contributed by atoms with van der Waals surface area (Å²) in [6.07, 6.45) is 2.46. The van der Waals surface area contributed by atoms with E-state index in [-0.39, 0.29) is 24.4 Å². The number of benzene rings is 1. The molecule has 3 aromatic rings. The van der Waals surface area contributed by atoms with Crippen molar-refractivity contribution >= 4 is 56.3 Å². The molecule has 0 bridgehead atoms. The Bertz CT molecular complexity index is 977. The van der Waals surface area contributed by atoms with Gasteiger partial charge in [-0.1, -0.05) is 36.2 Å². The zero-order chi connectivity index (χ0) is 18.0. The van der Waals surface area contributed by atoms with E-state index in [0.29, 0.717) is 21.1 Å². The van der Waals surface area contributed by atoms with Crippen LogP contribution in [0.5, 0.6) is 0 Å². The molecule has 1 N–H and O–H groups in total. The third-order valence-electron chi connectivity index (χ3n) is 3.72. The largest absolute Gasteiger partial charge is 0.323 e. The first kappa shape index (κ1) is 17.9. The van der Waals surface area contributed by atoms with E-state index < -0.39 is 0 Å². The van der Waals surface area contributed by atoms with E-state index in [9.17, 15) is 9.59 Å². The lowest BCUT2D eigenvalue weighted by Gasteiger charge is -2.09. The van der Waals surface area contributed by atoms with Gasteiger partial charge in [0.2, 0.25) is 5.91 Å². The molecule has 2 heterocycles. The van der Waals surface area contributed by atoms with E-state index in [0.717, 1.165) is 16.1 Å². The molecule has 0 atom stereocenters. The first-order chi connectivity index (χ1) is 12.0. The Kier molecular flexibility index (Phi) is 5.42. The third-order valence-corrected chi connectivity index (χ3v) is 5.54. The van der Waals surface area contributed by atoms with Gasteiger partial charge in [0, 0.05) is 17.8 Å². The number of anilines is 1. The second-order valence-corrected chi connectivity index (χ2v) is 7.35. The molecule has 0 unspecified atom stereocenters. The number of rotatable bonds is 5. The van der Waals surface area contributed by atoms with Crippen LogP contribution in [0.3, 0.4) is 0 Å². The fraction of sp³-hybridized carbons (Fsp3) is 0.235. The predicted molar refractivity (Wildman–Crippen MR) is 103 cm³/mol. The summed E-state index contributed by atoms with van der Waals surface area (Å²) in [4.78, 5) is 30.8. The maximum absolute atomic E-state index is 12.5. The number of thiophene rings is 1. The van der Waals surface area contributed by atoms with Gasteiger partial charge in [0.25, 0.3) is 5.56 Å². The van der Waals surface area contributed by atoms with E-state index >= 15 is 0 Å². The summed E-state index contributed by atoms with van der Waals surface area (Å²) in [5.74, 6) is -0.276. The topological polar surface area (TPSA) is 64.0 Å². The van der Waals surface area contributed by atoms with Crippen LogP contribution in [0.2, 0.25) is 10.0 Å². The smallest absolute Gasteiger partial charge is 0.262 e. The van der Waals surface area contributed by atoms with Crippen LogP contribution in [0.4, 0.5) is 5.69 Å². The van der Waals surface area contributed by atoms with Gasteiger partial charge in [-0.05, 0) is 24.6 Å². The molecule has 3 rings (SSSR count). The van der Waals surface area contributed by atoms with E-state index in [4.69, 9.17) is 23.2 Å². The van der Waals surface area contributed by atoms with Crippen molar-refractivity contribution in [2.45, 2.75) is 26.3 Å². The summed E-state index contributed by atoms with van der Waals surface area (Å²) in [5.41, 5.74) is 0.242. The number of halogens is 2. The number of hydrogen-bond donors (Lipinski definition) is 1. The number of carbonyl (C=O) groups is 1. The molecule has 0 aliphatic carbocycles. The van der Waals surface area contributed by atoms with Crippen molar-refractivity contribution in [1.29, 1.82) is 0 Å². The Morgan fingerprint density at radius 1 is 1.32 bits per heavy atom. The Morgan fingerprint density at radius 3 is 2.72 bits per heavy atom. The summed E-state index contributed by atoms with van der Waals surface area (Å²) >= 11 is 13.6. The lowest BCUT2D eigenvalue weighted by Crippen LogP contribution is -2.23. The van der Waals surface area contributed by atoms with Crippen LogP contribution in [0.25, 0.3) is 10.2 Å². The minimum absolute atomic E-state index is 0.111. The molecule has 2 aromatic heterocycles. The fourth-order valence-electron chi connectivity index (χ4n) is 2.38. The average molecular weight is 396 g/mol. The zero-order valence-electron chi connectivity index (χ0n) is 13.4. The molecular formula is C17H15Cl2N3O2S. The maximum Gasteiger partial charge on any atom is 0.262 e. The van der Waals surface area contributed by atoms with Crippen LogP contribution >= 0.6 is 34.5 Å². The SMILES string of the molecule is CCc1cc2c(=O)n(CCC(=O)Nc3c(Cl)cccc3Cl)cnc2s1. The van der Waals surface area contributed by atoms with Gasteiger partial charge >= 0.3 is 0 Å². The maximum atomic E-state index is 12.5. The highest BCUT2D eigenvalue weighted by molar-refractivity contribution is 7.18. The number of carbonyl (C=O) groups excluding carboxylic acids is 1. The summed E-state index contributed by atoms with van der Waals surface area (Å²) in [5, 5.41) is 4.01. The highest BCUT2D eigenvalue weighted by Gasteiger charge is 2.12. The van der Waals surface area contributed by atoms with Crippen molar-refractivity contribution in [3.8, 4) is 0 Å². The molecule has 5 nitrogen and oxygen atoms in total. The molecule has 1 amide bonds. The van der Waals surface area contributed by atoms with E-state index in [2.05, 4.69) is 10.3 Å². The lowest BCUT2D eigenvalue weighted by atomic mass is 10.3. The normalized spacial score (nSPS) is 11.0. The summed E-state index contributed by atoms with van der Waals surface area (Å²) in [6.45, 7) is 2.26. The molecule has 25 heavy (non-hydrogen) atoms. The summed E-state index contributed by atoms with van der Waals surface area (Å²) < 4.78 is 1.45. The van der Waals surface area contributed by atoms with E-state index in [1.165, 1.54) is 22.2 Å². The van der Waals surface area contributed by atoms with Gasteiger partial charge < -0.3 is 5.32 Å². The highest BCUT2D eigenvalue weighted by Crippen LogP contribution is 2.29. The van der Waals surface area contributed by atoms with Gasteiger partial charge in [0.05, 0.1) is 27.4 Å². The van der Waals surface area contributed by atoms with Crippen molar-refractivity contribution in [1.82, 2.24) is 9.55 Å². The monoisotopic (exact) mass is 395 g/mol. The van der Waals surface area contributed by atoms with Crippen LogP contribution in [0.1, 0.15) is 18.2 Å². The molecule has 0 saturated carbocycles. The van der Waals surface area contributed by atoms with Gasteiger partial charge in [-0.25, -0.2) is 4.98 Å². The number of amides is 1. The number of hydrogen-bond acceptors (Lipinski definition) is 4. The van der Waals surface area contributed by atoms with E-state index in [1.54, 1.807) is 18.2 Å². The Balaban J connectivity index is 1.73. The summed E-state index contributed by atoms with van der Waals surface area (Å²) in [6, 6.07) is 6.86. The number of para-hydroxylation sites is 1. The number of aryl methyl sites for hydroxylation is 2. The van der Waals surface area contributed by atoms with Crippen LogP contribution in [0, 0.1) is 0 Å². The van der Waals surface area contributed by atoms with Gasteiger partial charge in [0.15, 0.2) is 0 Å². The summed E-state index contributed by atoms with van der Waals surface area (Å²) in [7, 11) is 0. The molecule has 0 fully saturated rings. The molecule has 8 heteroatoms. The molecule has 0 saturated heterocycles. The minimum Gasteiger partial charge on any atom is -0.323 e. The van der Waals surface area contributed by atoms with Crippen molar-refractivity contribution in [3.63, 3.8) is 0 Å². The third kappa shape index (κ3) is 3.86. The van der Waals surface area contributed by atoms with Crippen LogP contribution in [-0.4, -0.2) is 15.5 Å². The Labute approximate surface area is 158 Å². The van der Waals surface area contributed by atoms with Crippen LogP contribution in [-0.2, 0) is 17.8 Å². The molecule has 0 aliphatic rings. The van der Waals surface area contributed by atoms with Crippen LogP contribution < -0.4 is 10.9 Å². The molecule has 0 aliphatic heterocycles. The first-order valence-corrected chi connectivity index (χ1v) is 9.28. The second kappa shape index (κ2) is 7.56. The number of nitrogens with one attached hydrogen (secondary N) is 1. The van der Waals surface area contributed by atoms with Gasteiger partial charge in [-0.3, -0.25) is 14.2 Å². The van der Waals surface area contributed by atoms with Crippen molar-refractivity contribution in [2.75, 3.05) is 5.32 Å². The molecular weight excluding hydrogens is 381 g/mol.